The van der Waals surface area contributed by atoms with Crippen LogP contribution in [0.2, 0.25) is 0 Å². The Bertz CT molecular complexity index is 499. The van der Waals surface area contributed by atoms with Gasteiger partial charge >= 0.3 is 0 Å². The lowest BCUT2D eigenvalue weighted by Gasteiger charge is -2.19. The predicted octanol–water partition coefficient (Wildman–Crippen LogP) is 2.43. The van der Waals surface area contributed by atoms with E-state index in [9.17, 15) is 5.11 Å². The van der Waals surface area contributed by atoms with Crippen molar-refractivity contribution in [3.63, 3.8) is 0 Å². The normalized spacial score (nSPS) is 10.8. The maximum Gasteiger partial charge on any atom is 0.259 e. The fourth-order valence-electron chi connectivity index (χ4n) is 1.93. The van der Waals surface area contributed by atoms with Crippen molar-refractivity contribution in [3.05, 3.63) is 28.3 Å². The number of benzene rings is 1. The Morgan fingerprint density at radius 1 is 1.15 bits per heavy atom. The van der Waals surface area contributed by atoms with E-state index < -0.39 is 0 Å². The molecule has 0 saturated heterocycles. The molecular formula is C15H24N2O2S. The van der Waals surface area contributed by atoms with Gasteiger partial charge < -0.3 is 19.6 Å². The SMILES string of the molecule is Cc1c(COC(=S)N(C)C)cc(CN(C)C)c(O)c1C. The van der Waals surface area contributed by atoms with Crippen LogP contribution in [0.15, 0.2) is 6.07 Å². The molecule has 0 unspecified atom stereocenters. The molecular weight excluding hydrogens is 272 g/mol. The average Bonchev–Trinajstić information content (AvgIpc) is 2.37. The molecule has 1 rings (SSSR count). The highest BCUT2D eigenvalue weighted by Crippen LogP contribution is 2.29. The van der Waals surface area contributed by atoms with Crippen LogP contribution in [0.4, 0.5) is 0 Å². The van der Waals surface area contributed by atoms with Gasteiger partial charge in [0.2, 0.25) is 0 Å². The van der Waals surface area contributed by atoms with Gasteiger partial charge in [0.1, 0.15) is 12.4 Å². The molecule has 1 N–H and O–H groups in total. The minimum atomic E-state index is 0.370. The number of phenols is 1. The van der Waals surface area contributed by atoms with Crippen molar-refractivity contribution in [1.82, 2.24) is 9.80 Å². The van der Waals surface area contributed by atoms with Gasteiger partial charge in [-0.15, -0.1) is 0 Å². The van der Waals surface area contributed by atoms with Gasteiger partial charge in [-0.2, -0.15) is 0 Å². The molecule has 0 spiro atoms. The lowest BCUT2D eigenvalue weighted by atomic mass is 9.98. The fourth-order valence-corrected chi connectivity index (χ4v) is 1.98. The Morgan fingerprint density at radius 2 is 1.75 bits per heavy atom. The minimum Gasteiger partial charge on any atom is -0.507 e. The van der Waals surface area contributed by atoms with Crippen LogP contribution < -0.4 is 0 Å². The van der Waals surface area contributed by atoms with Gasteiger partial charge in [-0.3, -0.25) is 0 Å². The van der Waals surface area contributed by atoms with Crippen LogP contribution in [0.1, 0.15) is 22.3 Å². The monoisotopic (exact) mass is 296 g/mol. The molecule has 4 nitrogen and oxygen atoms in total. The summed E-state index contributed by atoms with van der Waals surface area (Å²) in [6, 6.07) is 2.00. The molecule has 1 aromatic rings. The zero-order chi connectivity index (χ0) is 15.4. The number of hydrogen-bond acceptors (Lipinski definition) is 4. The smallest absolute Gasteiger partial charge is 0.259 e. The van der Waals surface area contributed by atoms with Gasteiger partial charge in [-0.25, -0.2) is 0 Å². The summed E-state index contributed by atoms with van der Waals surface area (Å²) in [6.45, 7) is 5.03. The molecule has 5 heteroatoms. The fraction of sp³-hybridized carbons (Fsp3) is 0.533. The Labute approximate surface area is 127 Å². The van der Waals surface area contributed by atoms with Crippen molar-refractivity contribution in [1.29, 1.82) is 0 Å². The zero-order valence-corrected chi connectivity index (χ0v) is 14.0. The van der Waals surface area contributed by atoms with Gasteiger partial charge in [-0.1, -0.05) is 0 Å². The van der Waals surface area contributed by atoms with Gasteiger partial charge in [0.15, 0.2) is 0 Å². The van der Waals surface area contributed by atoms with E-state index >= 15 is 0 Å². The third kappa shape index (κ3) is 4.08. The maximum absolute atomic E-state index is 10.2. The van der Waals surface area contributed by atoms with Crippen LogP contribution in [0.3, 0.4) is 0 Å². The number of rotatable bonds is 4. The first-order chi connectivity index (χ1) is 9.23. The summed E-state index contributed by atoms with van der Waals surface area (Å²) in [5.74, 6) is 0.370. The summed E-state index contributed by atoms with van der Waals surface area (Å²) < 4.78 is 5.59. The molecule has 0 aliphatic rings. The number of aromatic hydroxyl groups is 1. The first kappa shape index (κ1) is 16.7. The van der Waals surface area contributed by atoms with Crippen molar-refractivity contribution >= 4 is 17.4 Å². The molecule has 0 amide bonds. The van der Waals surface area contributed by atoms with E-state index in [2.05, 4.69) is 0 Å². The number of phenolic OH excluding ortho intramolecular Hbond substituents is 1. The second-order valence-corrected chi connectivity index (χ2v) is 5.83. The summed E-state index contributed by atoms with van der Waals surface area (Å²) in [7, 11) is 7.67. The first-order valence-electron chi connectivity index (χ1n) is 6.53. The molecule has 0 heterocycles. The van der Waals surface area contributed by atoms with Crippen LogP contribution in [-0.2, 0) is 17.9 Å². The van der Waals surface area contributed by atoms with Crippen molar-refractivity contribution < 1.29 is 9.84 Å². The van der Waals surface area contributed by atoms with Crippen LogP contribution in [0.25, 0.3) is 0 Å². The molecule has 0 radical (unpaired) electrons. The van der Waals surface area contributed by atoms with Crippen LogP contribution in [-0.4, -0.2) is 48.3 Å². The standard InChI is InChI=1S/C15H24N2O2S/c1-10-11(2)14(18)12(8-16(3)4)7-13(10)9-19-15(20)17(5)6/h7,18H,8-9H2,1-6H3. The number of nitrogens with zero attached hydrogens (tertiary/aromatic N) is 2. The van der Waals surface area contributed by atoms with E-state index in [1.807, 2.05) is 53.0 Å². The maximum atomic E-state index is 10.2. The average molecular weight is 296 g/mol. The number of ether oxygens (including phenoxy) is 1. The van der Waals surface area contributed by atoms with Crippen molar-refractivity contribution in [2.45, 2.75) is 27.0 Å². The largest absolute Gasteiger partial charge is 0.507 e. The van der Waals surface area contributed by atoms with Crippen LogP contribution in [0, 0.1) is 13.8 Å². The van der Waals surface area contributed by atoms with E-state index in [1.54, 1.807) is 4.90 Å². The Balaban J connectivity index is 3.01. The molecule has 112 valence electrons. The molecule has 1 aromatic carbocycles. The summed E-state index contributed by atoms with van der Waals surface area (Å²) in [4.78, 5) is 3.79. The van der Waals surface area contributed by atoms with Gasteiger partial charge in [0.25, 0.3) is 5.17 Å². The summed E-state index contributed by atoms with van der Waals surface area (Å²) in [6.07, 6.45) is 0. The van der Waals surface area contributed by atoms with Crippen molar-refractivity contribution in [2.75, 3.05) is 28.2 Å². The molecule has 0 bridgehead atoms. The van der Waals surface area contributed by atoms with Crippen LogP contribution in [0.5, 0.6) is 5.75 Å². The van der Waals surface area contributed by atoms with E-state index in [1.165, 1.54) is 0 Å². The third-order valence-corrected chi connectivity index (χ3v) is 3.74. The number of thiocarbonyl (C=S) groups is 1. The van der Waals surface area contributed by atoms with E-state index in [-0.39, 0.29) is 0 Å². The highest BCUT2D eigenvalue weighted by Gasteiger charge is 2.13. The molecule has 0 aromatic heterocycles. The highest BCUT2D eigenvalue weighted by atomic mass is 32.1. The Morgan fingerprint density at radius 3 is 2.25 bits per heavy atom. The lowest BCUT2D eigenvalue weighted by Crippen LogP contribution is -2.22. The highest BCUT2D eigenvalue weighted by molar-refractivity contribution is 7.79. The summed E-state index contributed by atoms with van der Waals surface area (Å²) >= 11 is 5.13. The molecule has 0 aliphatic carbocycles. The van der Waals surface area contributed by atoms with E-state index in [0.29, 0.717) is 24.1 Å². The zero-order valence-electron chi connectivity index (χ0n) is 13.1. The van der Waals surface area contributed by atoms with Crippen LogP contribution >= 0.6 is 12.2 Å². The molecule has 20 heavy (non-hydrogen) atoms. The van der Waals surface area contributed by atoms with Crippen molar-refractivity contribution in [3.8, 4) is 5.75 Å². The third-order valence-electron chi connectivity index (χ3n) is 3.25. The topological polar surface area (TPSA) is 35.9 Å². The quantitative estimate of drug-likeness (QED) is 0.864. The summed E-state index contributed by atoms with van der Waals surface area (Å²) in [5, 5.41) is 10.7. The molecule has 0 saturated carbocycles. The van der Waals surface area contributed by atoms with E-state index in [0.717, 1.165) is 22.3 Å². The summed E-state index contributed by atoms with van der Waals surface area (Å²) in [5.41, 5.74) is 3.92. The lowest BCUT2D eigenvalue weighted by molar-refractivity contribution is 0.256. The van der Waals surface area contributed by atoms with Gasteiger partial charge in [0.05, 0.1) is 0 Å². The molecule has 0 fully saturated rings. The Kier molecular flexibility index (Phi) is 5.77. The predicted molar refractivity (Wildman–Crippen MR) is 86.0 cm³/mol. The second-order valence-electron chi connectivity index (χ2n) is 5.48. The van der Waals surface area contributed by atoms with Crippen molar-refractivity contribution in [2.24, 2.45) is 0 Å². The first-order valence-corrected chi connectivity index (χ1v) is 6.94. The Hall–Kier alpha value is -1.33. The molecule has 0 atom stereocenters. The van der Waals surface area contributed by atoms with Gasteiger partial charge in [-0.05, 0) is 62.9 Å². The van der Waals surface area contributed by atoms with E-state index in [4.69, 9.17) is 17.0 Å². The van der Waals surface area contributed by atoms with Gasteiger partial charge in [0, 0.05) is 26.2 Å². The minimum absolute atomic E-state index is 0.370. The molecule has 0 aliphatic heterocycles. The number of hydrogen-bond donors (Lipinski definition) is 1. The second kappa shape index (κ2) is 6.90.